The van der Waals surface area contributed by atoms with Gasteiger partial charge in [-0.15, -0.1) is 11.3 Å². The van der Waals surface area contributed by atoms with Crippen molar-refractivity contribution < 1.29 is 13.2 Å². The van der Waals surface area contributed by atoms with E-state index in [0.29, 0.717) is 10.9 Å². The van der Waals surface area contributed by atoms with Crippen LogP contribution in [-0.2, 0) is 12.7 Å². The molecule has 0 aliphatic rings. The number of rotatable bonds is 4. The fourth-order valence-corrected chi connectivity index (χ4v) is 2.51. The van der Waals surface area contributed by atoms with E-state index < -0.39 is 11.7 Å². The highest BCUT2D eigenvalue weighted by Gasteiger charge is 2.31. The molecular formula is C11H10ClF3N4S. The van der Waals surface area contributed by atoms with Gasteiger partial charge in [-0.25, -0.2) is 10.8 Å². The van der Waals surface area contributed by atoms with Crippen molar-refractivity contribution in [2.24, 2.45) is 5.84 Å². The monoisotopic (exact) mass is 322 g/mol. The Bertz CT molecular complexity index is 600. The Morgan fingerprint density at radius 3 is 2.50 bits per heavy atom. The smallest absolute Gasteiger partial charge is 0.365 e. The van der Waals surface area contributed by atoms with Gasteiger partial charge in [-0.3, -0.25) is 0 Å². The molecule has 4 nitrogen and oxygen atoms in total. The summed E-state index contributed by atoms with van der Waals surface area (Å²) in [6, 6.07) is 5.27. The summed E-state index contributed by atoms with van der Waals surface area (Å²) in [6.07, 6.45) is -4.46. The molecular weight excluding hydrogens is 313 g/mol. The molecule has 4 N–H and O–H groups in total. The van der Waals surface area contributed by atoms with E-state index in [-0.39, 0.29) is 11.6 Å². The fourth-order valence-electron chi connectivity index (χ4n) is 1.48. The van der Waals surface area contributed by atoms with E-state index in [1.54, 1.807) is 12.1 Å². The summed E-state index contributed by atoms with van der Waals surface area (Å²) in [5.41, 5.74) is 1.29. The molecule has 2 heterocycles. The summed E-state index contributed by atoms with van der Waals surface area (Å²) in [6.45, 7) is 0.329. The lowest BCUT2D eigenvalue weighted by molar-refractivity contribution is -0.137. The fraction of sp³-hybridized carbons (Fsp3) is 0.182. The first kappa shape index (κ1) is 14.9. The minimum Gasteiger partial charge on any atom is -0.365 e. The van der Waals surface area contributed by atoms with Gasteiger partial charge in [0.25, 0.3) is 0 Å². The predicted molar refractivity (Wildman–Crippen MR) is 73.7 cm³/mol. The number of nitrogens with zero attached hydrogens (tertiary/aromatic N) is 1. The van der Waals surface area contributed by atoms with Crippen molar-refractivity contribution in [3.63, 3.8) is 0 Å². The van der Waals surface area contributed by atoms with Gasteiger partial charge in [0.2, 0.25) is 0 Å². The Balaban J connectivity index is 2.18. The lowest BCUT2D eigenvalue weighted by atomic mass is 10.2. The van der Waals surface area contributed by atoms with E-state index in [9.17, 15) is 13.2 Å². The minimum atomic E-state index is -4.46. The number of hydrogen-bond donors (Lipinski definition) is 3. The topological polar surface area (TPSA) is 63.0 Å². The average Bonchev–Trinajstić information content (AvgIpc) is 2.81. The van der Waals surface area contributed by atoms with Crippen molar-refractivity contribution in [3.8, 4) is 0 Å². The SMILES string of the molecule is NNc1cc(C(F)(F)F)cc(NCc2ccc(Cl)s2)n1. The second kappa shape index (κ2) is 5.86. The van der Waals surface area contributed by atoms with Gasteiger partial charge in [0.1, 0.15) is 11.6 Å². The molecule has 0 fully saturated rings. The molecule has 0 aromatic carbocycles. The zero-order valence-electron chi connectivity index (χ0n) is 9.96. The number of halogens is 4. The molecule has 2 rings (SSSR count). The maximum Gasteiger partial charge on any atom is 0.416 e. The highest BCUT2D eigenvalue weighted by molar-refractivity contribution is 7.16. The summed E-state index contributed by atoms with van der Waals surface area (Å²) in [5, 5.41) is 2.81. The van der Waals surface area contributed by atoms with E-state index in [1.807, 2.05) is 0 Å². The maximum atomic E-state index is 12.7. The van der Waals surface area contributed by atoms with E-state index in [1.165, 1.54) is 11.3 Å². The van der Waals surface area contributed by atoms with Crippen LogP contribution < -0.4 is 16.6 Å². The van der Waals surface area contributed by atoms with E-state index in [4.69, 9.17) is 17.4 Å². The standard InChI is InChI=1S/C11H10ClF3N4S/c12-8-2-1-7(20-8)5-17-9-3-6(11(13,14)15)4-10(18-9)19-16/h1-4H,5,16H2,(H2,17,18,19). The molecule has 20 heavy (non-hydrogen) atoms. The van der Waals surface area contributed by atoms with E-state index in [0.717, 1.165) is 17.0 Å². The van der Waals surface area contributed by atoms with Crippen LogP contribution in [-0.4, -0.2) is 4.98 Å². The maximum absolute atomic E-state index is 12.7. The number of nitrogen functional groups attached to an aromatic ring is 1. The number of pyridine rings is 1. The van der Waals surface area contributed by atoms with Gasteiger partial charge in [-0.2, -0.15) is 13.2 Å². The quantitative estimate of drug-likeness (QED) is 0.593. The molecule has 0 atom stereocenters. The molecule has 0 aliphatic carbocycles. The van der Waals surface area contributed by atoms with Crippen molar-refractivity contribution in [1.29, 1.82) is 0 Å². The number of anilines is 2. The largest absolute Gasteiger partial charge is 0.416 e. The van der Waals surface area contributed by atoms with Crippen LogP contribution in [0.4, 0.5) is 24.8 Å². The van der Waals surface area contributed by atoms with Crippen molar-refractivity contribution in [1.82, 2.24) is 4.98 Å². The number of hydrogen-bond acceptors (Lipinski definition) is 5. The van der Waals surface area contributed by atoms with Crippen molar-refractivity contribution in [2.75, 3.05) is 10.7 Å². The van der Waals surface area contributed by atoms with Gasteiger partial charge < -0.3 is 10.7 Å². The number of nitrogens with two attached hydrogens (primary N) is 1. The summed E-state index contributed by atoms with van der Waals surface area (Å²) in [7, 11) is 0. The Kier molecular flexibility index (Phi) is 4.36. The number of alkyl halides is 3. The van der Waals surface area contributed by atoms with Gasteiger partial charge in [0.15, 0.2) is 0 Å². The molecule has 0 saturated heterocycles. The Hall–Kier alpha value is -1.51. The second-order valence-electron chi connectivity index (χ2n) is 3.83. The predicted octanol–water partition coefficient (Wildman–Crippen LogP) is 3.71. The molecule has 9 heteroatoms. The first-order chi connectivity index (χ1) is 9.38. The van der Waals surface area contributed by atoms with Crippen LogP contribution in [0.5, 0.6) is 0 Å². The van der Waals surface area contributed by atoms with Gasteiger partial charge in [-0.1, -0.05) is 11.6 Å². The van der Waals surface area contributed by atoms with Crippen LogP contribution in [0.15, 0.2) is 24.3 Å². The number of hydrazine groups is 1. The Morgan fingerprint density at radius 1 is 1.25 bits per heavy atom. The summed E-state index contributed by atoms with van der Waals surface area (Å²) in [5.74, 6) is 5.14. The molecule has 0 aliphatic heterocycles. The Labute approximate surface area is 121 Å². The first-order valence-electron chi connectivity index (χ1n) is 5.42. The van der Waals surface area contributed by atoms with E-state index in [2.05, 4.69) is 15.7 Å². The third-order valence-corrected chi connectivity index (χ3v) is 3.60. The van der Waals surface area contributed by atoms with Crippen molar-refractivity contribution in [2.45, 2.75) is 12.7 Å². The molecule has 0 radical (unpaired) electrons. The third-order valence-electron chi connectivity index (χ3n) is 2.37. The number of thiophene rings is 1. The molecule has 0 unspecified atom stereocenters. The molecule has 0 amide bonds. The van der Waals surface area contributed by atoms with Crippen molar-refractivity contribution >= 4 is 34.6 Å². The minimum absolute atomic E-state index is 0.0634. The summed E-state index contributed by atoms with van der Waals surface area (Å²) in [4.78, 5) is 4.80. The van der Waals surface area contributed by atoms with Crippen LogP contribution in [0.3, 0.4) is 0 Å². The molecule has 2 aromatic heterocycles. The van der Waals surface area contributed by atoms with Crippen LogP contribution in [0.2, 0.25) is 4.34 Å². The van der Waals surface area contributed by atoms with Gasteiger partial charge in [0, 0.05) is 4.88 Å². The highest BCUT2D eigenvalue weighted by Crippen LogP contribution is 2.32. The third kappa shape index (κ3) is 3.75. The molecule has 0 saturated carbocycles. The number of aromatic nitrogens is 1. The molecule has 108 valence electrons. The number of nitrogens with one attached hydrogen (secondary N) is 2. The first-order valence-corrected chi connectivity index (χ1v) is 6.62. The molecule has 0 bridgehead atoms. The summed E-state index contributed by atoms with van der Waals surface area (Å²) >= 11 is 7.11. The summed E-state index contributed by atoms with van der Waals surface area (Å²) < 4.78 is 38.7. The lowest BCUT2D eigenvalue weighted by Gasteiger charge is -2.12. The highest BCUT2D eigenvalue weighted by atomic mass is 35.5. The average molecular weight is 323 g/mol. The normalized spacial score (nSPS) is 11.4. The second-order valence-corrected chi connectivity index (χ2v) is 5.63. The Morgan fingerprint density at radius 2 is 1.95 bits per heavy atom. The zero-order valence-corrected chi connectivity index (χ0v) is 11.5. The van der Waals surface area contributed by atoms with Crippen LogP contribution in [0.1, 0.15) is 10.4 Å². The van der Waals surface area contributed by atoms with Crippen molar-refractivity contribution in [3.05, 3.63) is 39.0 Å². The van der Waals surface area contributed by atoms with E-state index >= 15 is 0 Å². The van der Waals surface area contributed by atoms with Gasteiger partial charge in [0.05, 0.1) is 16.4 Å². The lowest BCUT2D eigenvalue weighted by Crippen LogP contribution is -2.13. The van der Waals surface area contributed by atoms with Gasteiger partial charge in [-0.05, 0) is 24.3 Å². The van der Waals surface area contributed by atoms with Gasteiger partial charge >= 0.3 is 6.18 Å². The molecule has 0 spiro atoms. The molecule has 2 aromatic rings. The van der Waals surface area contributed by atoms with Crippen LogP contribution >= 0.6 is 22.9 Å². The van der Waals surface area contributed by atoms with Crippen LogP contribution in [0, 0.1) is 0 Å². The zero-order chi connectivity index (χ0) is 14.8. The van der Waals surface area contributed by atoms with Crippen LogP contribution in [0.25, 0.3) is 0 Å².